The van der Waals surface area contributed by atoms with Crippen molar-refractivity contribution in [1.82, 2.24) is 9.88 Å². The Morgan fingerprint density at radius 3 is 2.77 bits per heavy atom. The Hall–Kier alpha value is -3.03. The van der Waals surface area contributed by atoms with E-state index < -0.39 is 12.0 Å². The van der Waals surface area contributed by atoms with Crippen molar-refractivity contribution in [3.8, 4) is 10.6 Å². The summed E-state index contributed by atoms with van der Waals surface area (Å²) in [6.07, 6.45) is 0.826. The molecule has 4 rings (SSSR count). The lowest BCUT2D eigenvalue weighted by atomic mass is 9.93. The van der Waals surface area contributed by atoms with E-state index in [1.54, 1.807) is 16.2 Å². The summed E-state index contributed by atoms with van der Waals surface area (Å²) in [5.74, 6) is -1.20. The Morgan fingerprint density at radius 2 is 2.03 bits per heavy atom. The Bertz CT molecular complexity index is 1110. The highest BCUT2D eigenvalue weighted by Gasteiger charge is 2.34. The summed E-state index contributed by atoms with van der Waals surface area (Å²) in [7, 11) is 0. The summed E-state index contributed by atoms with van der Waals surface area (Å²) in [5.41, 5.74) is 3.80. The van der Waals surface area contributed by atoms with Crippen LogP contribution in [0, 0.1) is 12.8 Å². The molecule has 2 atom stereocenters. The van der Waals surface area contributed by atoms with E-state index in [2.05, 4.69) is 29.9 Å². The first-order valence-corrected chi connectivity index (χ1v) is 10.6. The Morgan fingerprint density at radius 1 is 1.27 bits per heavy atom. The number of likely N-dealkylation sites (tertiary alicyclic amines) is 1. The molecule has 6 nitrogen and oxygen atoms in total. The minimum atomic E-state index is -0.774. The van der Waals surface area contributed by atoms with E-state index in [9.17, 15) is 14.7 Å². The zero-order valence-corrected chi connectivity index (χ0v) is 17.5. The van der Waals surface area contributed by atoms with E-state index in [0.717, 1.165) is 20.8 Å². The molecular weight excluding hydrogens is 398 g/mol. The molecule has 2 heterocycles. The highest BCUT2D eigenvalue weighted by molar-refractivity contribution is 7.21. The zero-order valence-electron chi connectivity index (χ0n) is 16.7. The fourth-order valence-corrected chi connectivity index (χ4v) is 4.68. The highest BCUT2D eigenvalue weighted by atomic mass is 32.1. The normalized spacial score (nSPS) is 18.9. The fraction of sp³-hybridized carbons (Fsp3) is 0.261. The van der Waals surface area contributed by atoms with E-state index in [1.165, 1.54) is 11.6 Å². The minimum absolute atomic E-state index is 0.182. The predicted octanol–water partition coefficient (Wildman–Crippen LogP) is 3.61. The van der Waals surface area contributed by atoms with Crippen molar-refractivity contribution in [2.75, 3.05) is 18.4 Å². The second-order valence-electron chi connectivity index (χ2n) is 7.51. The molecule has 1 aliphatic rings. The van der Waals surface area contributed by atoms with Crippen LogP contribution < -0.4 is 5.32 Å². The van der Waals surface area contributed by atoms with Gasteiger partial charge in [-0.15, -0.1) is 11.3 Å². The number of aliphatic hydroxyl groups is 1. The van der Waals surface area contributed by atoms with Gasteiger partial charge in [-0.1, -0.05) is 12.6 Å². The number of aryl methyl sites for hydroxylation is 1. The molecule has 0 spiro atoms. The molecule has 2 N–H and O–H groups in total. The van der Waals surface area contributed by atoms with Gasteiger partial charge in [0.2, 0.25) is 11.8 Å². The third-order valence-corrected chi connectivity index (χ3v) is 6.41. The molecule has 1 fully saturated rings. The van der Waals surface area contributed by atoms with Crippen molar-refractivity contribution in [2.24, 2.45) is 5.92 Å². The molecule has 0 saturated carbocycles. The van der Waals surface area contributed by atoms with Crippen molar-refractivity contribution in [3.05, 3.63) is 60.7 Å². The molecule has 3 aromatic rings. The molecule has 1 saturated heterocycles. The number of nitrogens with one attached hydrogen (secondary N) is 1. The summed E-state index contributed by atoms with van der Waals surface area (Å²) >= 11 is 1.64. The monoisotopic (exact) mass is 421 g/mol. The lowest BCUT2D eigenvalue weighted by molar-refractivity contribution is -0.134. The van der Waals surface area contributed by atoms with Crippen molar-refractivity contribution in [1.29, 1.82) is 0 Å². The number of anilines is 1. The molecule has 0 bridgehead atoms. The van der Waals surface area contributed by atoms with Gasteiger partial charge in [0.25, 0.3) is 0 Å². The molecule has 2 unspecified atom stereocenters. The molecule has 2 aromatic carbocycles. The van der Waals surface area contributed by atoms with Crippen molar-refractivity contribution >= 4 is 39.1 Å². The molecule has 1 aromatic heterocycles. The van der Waals surface area contributed by atoms with Crippen LogP contribution in [-0.4, -0.2) is 46.0 Å². The third-order valence-electron chi connectivity index (χ3n) is 5.34. The van der Waals surface area contributed by atoms with Gasteiger partial charge >= 0.3 is 0 Å². The topological polar surface area (TPSA) is 82.5 Å². The molecular formula is C23H23N3O3S. The summed E-state index contributed by atoms with van der Waals surface area (Å²) in [6, 6.07) is 13.7. The maximum absolute atomic E-state index is 12.7. The first-order chi connectivity index (χ1) is 14.4. The molecule has 1 aliphatic heterocycles. The van der Waals surface area contributed by atoms with Crippen LogP contribution in [0.4, 0.5) is 5.69 Å². The van der Waals surface area contributed by atoms with E-state index in [1.807, 2.05) is 36.4 Å². The quantitative estimate of drug-likeness (QED) is 0.631. The molecule has 154 valence electrons. The maximum atomic E-state index is 12.7. The lowest BCUT2D eigenvalue weighted by Crippen LogP contribution is -2.49. The van der Waals surface area contributed by atoms with Crippen LogP contribution in [0.15, 0.2) is 55.1 Å². The number of nitrogens with zero attached hydrogens (tertiary/aromatic N) is 2. The van der Waals surface area contributed by atoms with E-state index in [-0.39, 0.29) is 18.4 Å². The van der Waals surface area contributed by atoms with Gasteiger partial charge in [-0.05, 0) is 61.4 Å². The molecule has 2 amide bonds. The van der Waals surface area contributed by atoms with Gasteiger partial charge in [0, 0.05) is 24.3 Å². The number of carbonyl (C=O) groups is 2. The summed E-state index contributed by atoms with van der Waals surface area (Å²) < 4.78 is 1.15. The van der Waals surface area contributed by atoms with Crippen LogP contribution in [0.25, 0.3) is 20.8 Å². The van der Waals surface area contributed by atoms with Gasteiger partial charge in [-0.25, -0.2) is 4.98 Å². The highest BCUT2D eigenvalue weighted by Crippen LogP contribution is 2.31. The third kappa shape index (κ3) is 4.13. The predicted molar refractivity (Wildman–Crippen MR) is 119 cm³/mol. The van der Waals surface area contributed by atoms with Gasteiger partial charge in [0.05, 0.1) is 22.2 Å². The van der Waals surface area contributed by atoms with Crippen LogP contribution in [0.2, 0.25) is 0 Å². The Kier molecular flexibility index (Phi) is 5.65. The Balaban J connectivity index is 1.46. The van der Waals surface area contributed by atoms with Gasteiger partial charge in [0.1, 0.15) is 5.01 Å². The molecule has 7 heteroatoms. The van der Waals surface area contributed by atoms with E-state index in [4.69, 9.17) is 0 Å². The first kappa shape index (κ1) is 20.3. The van der Waals surface area contributed by atoms with Gasteiger partial charge < -0.3 is 15.3 Å². The second-order valence-corrected chi connectivity index (χ2v) is 8.54. The van der Waals surface area contributed by atoms with E-state index in [0.29, 0.717) is 18.7 Å². The minimum Gasteiger partial charge on any atom is -0.392 e. The van der Waals surface area contributed by atoms with Crippen molar-refractivity contribution in [2.45, 2.75) is 19.4 Å². The zero-order chi connectivity index (χ0) is 21.3. The lowest BCUT2D eigenvalue weighted by Gasteiger charge is -2.34. The number of aliphatic hydroxyl groups excluding tert-OH is 1. The van der Waals surface area contributed by atoms with Gasteiger partial charge in [-0.2, -0.15) is 0 Å². The van der Waals surface area contributed by atoms with Crippen molar-refractivity contribution < 1.29 is 14.7 Å². The number of thiazole rings is 1. The average Bonchev–Trinajstić information content (AvgIpc) is 3.17. The van der Waals surface area contributed by atoms with Crippen LogP contribution in [0.1, 0.15) is 12.0 Å². The summed E-state index contributed by atoms with van der Waals surface area (Å²) in [4.78, 5) is 30.8. The van der Waals surface area contributed by atoms with Gasteiger partial charge in [-0.3, -0.25) is 9.59 Å². The molecule has 30 heavy (non-hydrogen) atoms. The summed E-state index contributed by atoms with van der Waals surface area (Å²) in [6.45, 7) is 6.15. The van der Waals surface area contributed by atoms with Crippen LogP contribution in [0.5, 0.6) is 0 Å². The van der Waals surface area contributed by atoms with Crippen LogP contribution in [-0.2, 0) is 9.59 Å². The number of rotatable bonds is 4. The fourth-order valence-electron chi connectivity index (χ4n) is 3.61. The maximum Gasteiger partial charge on any atom is 0.245 e. The number of fused-ring (bicyclic) bond motifs is 1. The van der Waals surface area contributed by atoms with Crippen molar-refractivity contribution in [3.63, 3.8) is 0 Å². The smallest absolute Gasteiger partial charge is 0.245 e. The number of hydrogen-bond acceptors (Lipinski definition) is 5. The molecule has 0 aliphatic carbocycles. The SMILES string of the molecule is C=CC(=O)N1CCC(O)C(C(=O)Nc2ccc(-c3nc4ccc(C)cc4s3)cc2)C1. The Labute approximate surface area is 178 Å². The standard InChI is InChI=1S/C23H23N3O3S/c1-3-21(28)26-11-10-19(27)17(13-26)22(29)24-16-7-5-15(6-8-16)23-25-18-9-4-14(2)12-20(18)30-23/h3-9,12,17,19,27H,1,10-11,13H2,2H3,(H,24,29). The largest absolute Gasteiger partial charge is 0.392 e. The number of hydrogen-bond donors (Lipinski definition) is 2. The van der Waals surface area contributed by atoms with Crippen LogP contribution >= 0.6 is 11.3 Å². The van der Waals surface area contributed by atoms with Gasteiger partial charge in [0.15, 0.2) is 0 Å². The number of carbonyl (C=O) groups excluding carboxylic acids is 2. The number of piperidine rings is 1. The number of amides is 2. The van der Waals surface area contributed by atoms with Crippen LogP contribution in [0.3, 0.4) is 0 Å². The number of benzene rings is 2. The molecule has 0 radical (unpaired) electrons. The first-order valence-electron chi connectivity index (χ1n) is 9.82. The number of aromatic nitrogens is 1. The summed E-state index contributed by atoms with van der Waals surface area (Å²) in [5, 5.41) is 14.0. The second kappa shape index (κ2) is 8.38. The average molecular weight is 422 g/mol. The van der Waals surface area contributed by atoms with E-state index >= 15 is 0 Å².